The number of urea groups is 1. The van der Waals surface area contributed by atoms with E-state index in [4.69, 9.17) is 21.1 Å². The first-order chi connectivity index (χ1) is 11.5. The number of nitrogens with one attached hydrogen (secondary N) is 2. The van der Waals surface area contributed by atoms with Crippen LogP contribution in [0.4, 0.5) is 10.5 Å². The first-order valence-corrected chi connectivity index (χ1v) is 8.11. The second kappa shape index (κ2) is 9.03. The summed E-state index contributed by atoms with van der Waals surface area (Å²) in [4.78, 5) is 12.0. The molecule has 0 atom stereocenters. The van der Waals surface area contributed by atoms with Gasteiger partial charge in [0.2, 0.25) is 0 Å². The Hall–Kier alpha value is -2.40. The monoisotopic (exact) mass is 348 g/mol. The van der Waals surface area contributed by atoms with Gasteiger partial charge >= 0.3 is 6.03 Å². The zero-order chi connectivity index (χ0) is 17.4. The summed E-state index contributed by atoms with van der Waals surface area (Å²) in [5.74, 6) is 1.30. The number of halogens is 1. The molecule has 2 aromatic rings. The molecule has 2 N–H and O–H groups in total. The highest BCUT2D eigenvalue weighted by atomic mass is 35.5. The maximum absolute atomic E-state index is 12.0. The third-order valence-corrected chi connectivity index (χ3v) is 3.19. The van der Waals surface area contributed by atoms with Crippen molar-refractivity contribution in [2.45, 2.75) is 20.0 Å². The third kappa shape index (κ3) is 6.01. The molecule has 0 fully saturated rings. The van der Waals surface area contributed by atoms with E-state index in [1.165, 1.54) is 0 Å². The van der Waals surface area contributed by atoms with Crippen LogP contribution >= 0.6 is 11.6 Å². The van der Waals surface area contributed by atoms with Crippen LogP contribution < -0.4 is 20.1 Å². The fraction of sp³-hybridized carbons (Fsp3) is 0.278. The third-order valence-electron chi connectivity index (χ3n) is 2.95. The number of benzene rings is 2. The van der Waals surface area contributed by atoms with Crippen molar-refractivity contribution in [2.24, 2.45) is 0 Å². The van der Waals surface area contributed by atoms with Crippen molar-refractivity contribution >= 4 is 23.3 Å². The SMILES string of the molecule is CC(C)Oc1ccccc1NC(=O)NCCOc1cccc(Cl)c1. The van der Waals surface area contributed by atoms with Gasteiger partial charge in [0.15, 0.2) is 0 Å². The molecular formula is C18H21ClN2O3. The number of carbonyl (C=O) groups excluding carboxylic acids is 1. The van der Waals surface area contributed by atoms with E-state index in [-0.39, 0.29) is 12.1 Å². The summed E-state index contributed by atoms with van der Waals surface area (Å²) >= 11 is 5.88. The van der Waals surface area contributed by atoms with Crippen LogP contribution in [-0.4, -0.2) is 25.3 Å². The summed E-state index contributed by atoms with van der Waals surface area (Å²) in [5, 5.41) is 6.12. The van der Waals surface area contributed by atoms with E-state index >= 15 is 0 Å². The lowest BCUT2D eigenvalue weighted by atomic mass is 10.3. The minimum absolute atomic E-state index is 0.0297. The summed E-state index contributed by atoms with van der Waals surface area (Å²) in [7, 11) is 0. The first-order valence-electron chi connectivity index (χ1n) is 7.73. The molecule has 6 heteroatoms. The Morgan fingerprint density at radius 2 is 1.96 bits per heavy atom. The van der Waals surface area contributed by atoms with Gasteiger partial charge in [-0.2, -0.15) is 0 Å². The normalized spacial score (nSPS) is 10.3. The number of hydrogen-bond acceptors (Lipinski definition) is 3. The molecule has 0 bridgehead atoms. The summed E-state index contributed by atoms with van der Waals surface area (Å²) in [6.07, 6.45) is 0.0297. The average Bonchev–Trinajstić information content (AvgIpc) is 2.53. The maximum Gasteiger partial charge on any atom is 0.319 e. The van der Waals surface area contributed by atoms with Crippen LogP contribution in [0.15, 0.2) is 48.5 Å². The Morgan fingerprint density at radius 3 is 2.71 bits per heavy atom. The molecule has 5 nitrogen and oxygen atoms in total. The van der Waals surface area contributed by atoms with E-state index in [9.17, 15) is 4.79 Å². The quantitative estimate of drug-likeness (QED) is 0.732. The van der Waals surface area contributed by atoms with E-state index in [0.29, 0.717) is 35.4 Å². The molecule has 2 aromatic carbocycles. The molecular weight excluding hydrogens is 328 g/mol. The predicted molar refractivity (Wildman–Crippen MR) is 96.2 cm³/mol. The zero-order valence-electron chi connectivity index (χ0n) is 13.7. The van der Waals surface area contributed by atoms with Crippen LogP contribution in [0.3, 0.4) is 0 Å². The van der Waals surface area contributed by atoms with E-state index < -0.39 is 0 Å². The minimum Gasteiger partial charge on any atom is -0.492 e. The van der Waals surface area contributed by atoms with E-state index in [2.05, 4.69) is 10.6 Å². The van der Waals surface area contributed by atoms with Crippen molar-refractivity contribution in [2.75, 3.05) is 18.5 Å². The van der Waals surface area contributed by atoms with Crippen molar-refractivity contribution in [1.29, 1.82) is 0 Å². The molecule has 128 valence electrons. The van der Waals surface area contributed by atoms with Crippen molar-refractivity contribution in [1.82, 2.24) is 5.32 Å². The summed E-state index contributed by atoms with van der Waals surface area (Å²) in [5.41, 5.74) is 0.624. The largest absolute Gasteiger partial charge is 0.492 e. The van der Waals surface area contributed by atoms with Gasteiger partial charge in [-0.3, -0.25) is 0 Å². The number of hydrogen-bond donors (Lipinski definition) is 2. The van der Waals surface area contributed by atoms with Crippen molar-refractivity contribution < 1.29 is 14.3 Å². The minimum atomic E-state index is -0.315. The molecule has 2 rings (SSSR count). The van der Waals surface area contributed by atoms with Crippen molar-refractivity contribution in [3.05, 3.63) is 53.6 Å². The Labute approximate surface area is 146 Å². The van der Waals surface area contributed by atoms with Crippen molar-refractivity contribution in [3.8, 4) is 11.5 Å². The standard InChI is InChI=1S/C18H21ClN2O3/c1-13(2)24-17-9-4-3-8-16(17)21-18(22)20-10-11-23-15-7-5-6-14(19)12-15/h3-9,12-13H,10-11H2,1-2H3,(H2,20,21,22). The van der Waals surface area contributed by atoms with E-state index in [0.717, 1.165) is 0 Å². The number of amides is 2. The molecule has 0 spiro atoms. The number of carbonyl (C=O) groups is 1. The van der Waals surface area contributed by atoms with Gasteiger partial charge in [-0.25, -0.2) is 4.79 Å². The van der Waals surface area contributed by atoms with Crippen LogP contribution in [0, 0.1) is 0 Å². The molecule has 0 aromatic heterocycles. The average molecular weight is 349 g/mol. The van der Waals surface area contributed by atoms with Crippen LogP contribution in [0.5, 0.6) is 11.5 Å². The van der Waals surface area contributed by atoms with Gasteiger partial charge in [0.1, 0.15) is 18.1 Å². The molecule has 2 amide bonds. The van der Waals surface area contributed by atoms with E-state index in [1.54, 1.807) is 18.2 Å². The molecule has 0 saturated heterocycles. The Morgan fingerprint density at radius 1 is 1.17 bits per heavy atom. The molecule has 0 heterocycles. The Kier molecular flexibility index (Phi) is 6.75. The van der Waals surface area contributed by atoms with Gasteiger partial charge in [0.25, 0.3) is 0 Å². The summed E-state index contributed by atoms with van der Waals surface area (Å²) in [6.45, 7) is 4.58. The maximum atomic E-state index is 12.0. The fourth-order valence-corrected chi connectivity index (χ4v) is 2.16. The highest BCUT2D eigenvalue weighted by Gasteiger charge is 2.08. The lowest BCUT2D eigenvalue weighted by Crippen LogP contribution is -2.32. The number of para-hydroxylation sites is 2. The van der Waals surface area contributed by atoms with Gasteiger partial charge in [0.05, 0.1) is 18.3 Å². The number of anilines is 1. The number of ether oxygens (including phenoxy) is 2. The van der Waals surface area contributed by atoms with Crippen LogP contribution in [0.25, 0.3) is 0 Å². The molecule has 0 aliphatic heterocycles. The van der Waals surface area contributed by atoms with Crippen molar-refractivity contribution in [3.63, 3.8) is 0 Å². The van der Waals surface area contributed by atoms with Crippen LogP contribution in [0.1, 0.15) is 13.8 Å². The Bertz CT molecular complexity index is 677. The second-order valence-corrected chi connectivity index (χ2v) is 5.79. The molecule has 0 aliphatic rings. The molecule has 0 radical (unpaired) electrons. The van der Waals surface area contributed by atoms with Gasteiger partial charge < -0.3 is 20.1 Å². The summed E-state index contributed by atoms with van der Waals surface area (Å²) < 4.78 is 11.2. The highest BCUT2D eigenvalue weighted by molar-refractivity contribution is 6.30. The van der Waals surface area contributed by atoms with E-state index in [1.807, 2.05) is 44.2 Å². The first kappa shape index (κ1) is 17.9. The van der Waals surface area contributed by atoms with Gasteiger partial charge in [0, 0.05) is 5.02 Å². The van der Waals surface area contributed by atoms with Gasteiger partial charge in [-0.1, -0.05) is 29.8 Å². The summed E-state index contributed by atoms with van der Waals surface area (Å²) in [6, 6.07) is 14.1. The fourth-order valence-electron chi connectivity index (χ4n) is 1.98. The molecule has 0 unspecified atom stereocenters. The lowest BCUT2D eigenvalue weighted by Gasteiger charge is -2.15. The zero-order valence-corrected chi connectivity index (χ0v) is 14.5. The molecule has 0 saturated carbocycles. The van der Waals surface area contributed by atoms with Crippen LogP contribution in [-0.2, 0) is 0 Å². The topological polar surface area (TPSA) is 59.6 Å². The smallest absolute Gasteiger partial charge is 0.319 e. The highest BCUT2D eigenvalue weighted by Crippen LogP contribution is 2.24. The number of rotatable bonds is 7. The molecule has 24 heavy (non-hydrogen) atoms. The Balaban J connectivity index is 1.77. The lowest BCUT2D eigenvalue weighted by molar-refractivity contribution is 0.240. The second-order valence-electron chi connectivity index (χ2n) is 5.35. The van der Waals surface area contributed by atoms with Crippen LogP contribution in [0.2, 0.25) is 5.02 Å². The van der Waals surface area contributed by atoms with Gasteiger partial charge in [-0.05, 0) is 44.2 Å². The predicted octanol–water partition coefficient (Wildman–Crippen LogP) is 4.33. The van der Waals surface area contributed by atoms with Gasteiger partial charge in [-0.15, -0.1) is 0 Å². The molecule has 0 aliphatic carbocycles.